The van der Waals surface area contributed by atoms with Crippen molar-refractivity contribution in [2.24, 2.45) is 5.10 Å². The molecule has 0 radical (unpaired) electrons. The summed E-state index contributed by atoms with van der Waals surface area (Å²) in [5.41, 5.74) is 3.04. The molecule has 10 nitrogen and oxygen atoms in total. The first-order chi connectivity index (χ1) is 15.4. The fourth-order valence-electron chi connectivity index (χ4n) is 2.83. The molecule has 0 saturated carbocycles. The summed E-state index contributed by atoms with van der Waals surface area (Å²) in [5.74, 6) is -0.0405. The molecule has 0 spiro atoms. The molecule has 3 aromatic rings. The summed E-state index contributed by atoms with van der Waals surface area (Å²) in [6.45, 7) is 0.363. The lowest BCUT2D eigenvalue weighted by Crippen LogP contribution is -2.20. The minimum atomic E-state index is -0.765. The van der Waals surface area contributed by atoms with Crippen LogP contribution in [-0.4, -0.2) is 22.0 Å². The van der Waals surface area contributed by atoms with Crippen LogP contribution in [0, 0.1) is 20.2 Å². The number of hydrogen-bond donors (Lipinski definition) is 1. The first-order valence-electron chi connectivity index (χ1n) is 9.43. The fraction of sp³-hybridized carbons (Fsp3) is 0.0909. The normalized spacial score (nSPS) is 10.6. The highest BCUT2D eigenvalue weighted by molar-refractivity contribution is 5.86. The number of carbonyl (C=O) groups excluding carboxylic acids is 1. The molecule has 0 unspecified atom stereocenters. The Morgan fingerprint density at radius 3 is 2.41 bits per heavy atom. The Bertz CT molecular complexity index is 1160. The summed E-state index contributed by atoms with van der Waals surface area (Å²) in [6.07, 6.45) is 1.04. The summed E-state index contributed by atoms with van der Waals surface area (Å²) < 4.78 is 5.82. The number of nitrogens with zero attached hydrogens (tertiary/aromatic N) is 3. The second kappa shape index (κ2) is 10.4. The van der Waals surface area contributed by atoms with E-state index in [0.717, 1.165) is 17.7 Å². The molecule has 10 heteroatoms. The maximum Gasteiger partial charge on any atom is 0.279 e. The summed E-state index contributed by atoms with van der Waals surface area (Å²) in [4.78, 5) is 32.7. The lowest BCUT2D eigenvalue weighted by molar-refractivity contribution is -0.394. The van der Waals surface area contributed by atoms with Crippen molar-refractivity contribution in [2.75, 3.05) is 0 Å². The predicted molar refractivity (Wildman–Crippen MR) is 116 cm³/mol. The molecular formula is C22H18N4O6. The second-order valence-corrected chi connectivity index (χ2v) is 6.61. The number of nitro groups is 2. The highest BCUT2D eigenvalue weighted by Gasteiger charge is 2.21. The van der Waals surface area contributed by atoms with Crippen LogP contribution in [0.25, 0.3) is 0 Å². The Hall–Kier alpha value is -4.60. The van der Waals surface area contributed by atoms with E-state index >= 15 is 0 Å². The van der Waals surface area contributed by atoms with Crippen LogP contribution in [0.15, 0.2) is 77.9 Å². The highest BCUT2D eigenvalue weighted by atomic mass is 16.6. The average molecular weight is 434 g/mol. The van der Waals surface area contributed by atoms with Gasteiger partial charge >= 0.3 is 0 Å². The molecule has 0 heterocycles. The van der Waals surface area contributed by atoms with E-state index in [1.807, 2.05) is 36.4 Å². The van der Waals surface area contributed by atoms with Gasteiger partial charge in [-0.1, -0.05) is 42.5 Å². The number of benzene rings is 3. The Kier molecular flexibility index (Phi) is 7.20. The fourth-order valence-corrected chi connectivity index (χ4v) is 2.83. The highest BCUT2D eigenvalue weighted by Crippen LogP contribution is 2.25. The van der Waals surface area contributed by atoms with Crippen LogP contribution in [0.1, 0.15) is 16.7 Å². The Morgan fingerprint density at radius 1 is 0.969 bits per heavy atom. The number of rotatable bonds is 9. The van der Waals surface area contributed by atoms with Crippen LogP contribution in [0.3, 0.4) is 0 Å². The molecule has 0 aromatic heterocycles. The van der Waals surface area contributed by atoms with Gasteiger partial charge in [-0.3, -0.25) is 25.0 Å². The maximum absolute atomic E-state index is 12.2. The standard InChI is InChI=1S/C22H18N4O6/c27-22(12-17-10-11-19(25(28)29)13-20(17)26(30)31)24-23-14-18-8-4-5-9-21(18)32-15-16-6-2-1-3-7-16/h1-11,13-14H,12,15H2,(H,24,27). The third-order valence-corrected chi connectivity index (χ3v) is 4.38. The molecule has 0 atom stereocenters. The molecule has 32 heavy (non-hydrogen) atoms. The van der Waals surface area contributed by atoms with Crippen molar-refractivity contribution in [3.63, 3.8) is 0 Å². The number of ether oxygens (including phenoxy) is 1. The number of nitrogens with one attached hydrogen (secondary N) is 1. The van der Waals surface area contributed by atoms with Crippen LogP contribution >= 0.6 is 0 Å². The predicted octanol–water partition coefficient (Wildman–Crippen LogP) is 3.77. The van der Waals surface area contributed by atoms with Gasteiger partial charge in [0.1, 0.15) is 12.4 Å². The van der Waals surface area contributed by atoms with Crippen molar-refractivity contribution in [1.29, 1.82) is 0 Å². The van der Waals surface area contributed by atoms with Crippen molar-refractivity contribution in [1.82, 2.24) is 5.43 Å². The van der Waals surface area contributed by atoms with Gasteiger partial charge in [-0.25, -0.2) is 5.43 Å². The third-order valence-electron chi connectivity index (χ3n) is 4.38. The summed E-state index contributed by atoms with van der Waals surface area (Å²) >= 11 is 0. The van der Waals surface area contributed by atoms with Crippen molar-refractivity contribution >= 4 is 23.5 Å². The molecular weight excluding hydrogens is 416 g/mol. The number of carbonyl (C=O) groups is 1. The van der Waals surface area contributed by atoms with E-state index in [0.29, 0.717) is 17.9 Å². The molecule has 0 aliphatic rings. The van der Waals surface area contributed by atoms with Gasteiger partial charge < -0.3 is 4.74 Å². The third kappa shape index (κ3) is 5.95. The number of para-hydroxylation sites is 1. The summed E-state index contributed by atoms with van der Waals surface area (Å²) in [7, 11) is 0. The van der Waals surface area contributed by atoms with Crippen molar-refractivity contribution < 1.29 is 19.4 Å². The molecule has 3 aromatic carbocycles. The minimum Gasteiger partial charge on any atom is -0.488 e. The van der Waals surface area contributed by atoms with E-state index in [9.17, 15) is 25.0 Å². The Balaban J connectivity index is 1.64. The molecule has 0 aliphatic heterocycles. The maximum atomic E-state index is 12.2. The van der Waals surface area contributed by atoms with Gasteiger partial charge in [0.05, 0.1) is 28.5 Å². The molecule has 0 aliphatic carbocycles. The molecule has 1 N–H and O–H groups in total. The minimum absolute atomic E-state index is 0.0416. The summed E-state index contributed by atoms with van der Waals surface area (Å²) in [6, 6.07) is 19.9. The number of nitro benzene ring substituents is 2. The quantitative estimate of drug-likeness (QED) is 0.309. The largest absolute Gasteiger partial charge is 0.488 e. The van der Waals surface area contributed by atoms with Crippen molar-refractivity contribution in [3.05, 3.63) is 110 Å². The van der Waals surface area contributed by atoms with E-state index in [2.05, 4.69) is 10.5 Å². The van der Waals surface area contributed by atoms with Crippen LogP contribution in [0.2, 0.25) is 0 Å². The van der Waals surface area contributed by atoms with Gasteiger partial charge in [0.25, 0.3) is 11.4 Å². The molecule has 0 saturated heterocycles. The van der Waals surface area contributed by atoms with Gasteiger partial charge in [0, 0.05) is 17.2 Å². The Morgan fingerprint density at radius 2 is 1.69 bits per heavy atom. The van der Waals surface area contributed by atoms with E-state index in [-0.39, 0.29) is 12.0 Å². The zero-order chi connectivity index (χ0) is 22.9. The van der Waals surface area contributed by atoms with Gasteiger partial charge in [-0.15, -0.1) is 0 Å². The number of non-ortho nitro benzene ring substituents is 1. The topological polar surface area (TPSA) is 137 Å². The van der Waals surface area contributed by atoms with Gasteiger partial charge in [0.2, 0.25) is 5.91 Å². The average Bonchev–Trinajstić information content (AvgIpc) is 2.79. The smallest absolute Gasteiger partial charge is 0.279 e. The molecule has 1 amide bonds. The van der Waals surface area contributed by atoms with Crippen LogP contribution in [-0.2, 0) is 17.8 Å². The number of amides is 1. The number of hydrogen-bond acceptors (Lipinski definition) is 7. The van der Waals surface area contributed by atoms with Gasteiger partial charge in [0.15, 0.2) is 0 Å². The Labute approximate surface area is 182 Å². The van der Waals surface area contributed by atoms with Crippen LogP contribution < -0.4 is 10.2 Å². The van der Waals surface area contributed by atoms with E-state index in [1.54, 1.807) is 18.2 Å². The first kappa shape index (κ1) is 22.1. The zero-order valence-corrected chi connectivity index (χ0v) is 16.7. The van der Waals surface area contributed by atoms with E-state index in [1.165, 1.54) is 12.3 Å². The molecule has 3 rings (SSSR count). The lowest BCUT2D eigenvalue weighted by Gasteiger charge is -2.09. The van der Waals surface area contributed by atoms with Crippen molar-refractivity contribution in [3.8, 4) is 5.75 Å². The first-order valence-corrected chi connectivity index (χ1v) is 9.43. The van der Waals surface area contributed by atoms with Crippen LogP contribution in [0.5, 0.6) is 5.75 Å². The van der Waals surface area contributed by atoms with Gasteiger partial charge in [-0.05, 0) is 23.8 Å². The lowest BCUT2D eigenvalue weighted by atomic mass is 10.1. The van der Waals surface area contributed by atoms with E-state index in [4.69, 9.17) is 4.74 Å². The molecule has 0 fully saturated rings. The summed E-state index contributed by atoms with van der Waals surface area (Å²) in [5, 5.41) is 25.9. The monoisotopic (exact) mass is 434 g/mol. The van der Waals surface area contributed by atoms with E-state index < -0.39 is 27.1 Å². The SMILES string of the molecule is O=C(Cc1ccc([N+](=O)[O-])cc1[N+](=O)[O-])NN=Cc1ccccc1OCc1ccccc1. The molecule has 0 bridgehead atoms. The molecule has 162 valence electrons. The number of hydrazone groups is 1. The second-order valence-electron chi connectivity index (χ2n) is 6.61. The van der Waals surface area contributed by atoms with Gasteiger partial charge in [-0.2, -0.15) is 5.10 Å². The van der Waals surface area contributed by atoms with Crippen LogP contribution in [0.4, 0.5) is 11.4 Å². The zero-order valence-electron chi connectivity index (χ0n) is 16.7. The van der Waals surface area contributed by atoms with Crippen molar-refractivity contribution in [2.45, 2.75) is 13.0 Å².